The van der Waals surface area contributed by atoms with E-state index in [0.29, 0.717) is 56.4 Å². The van der Waals surface area contributed by atoms with Crippen molar-refractivity contribution in [3.05, 3.63) is 29.8 Å². The van der Waals surface area contributed by atoms with E-state index < -0.39 is 11.6 Å². The zero-order valence-corrected chi connectivity index (χ0v) is 19.3. The summed E-state index contributed by atoms with van der Waals surface area (Å²) in [5.74, 6) is -0.0514. The van der Waals surface area contributed by atoms with Crippen LogP contribution < -0.4 is 9.64 Å². The minimum Gasteiger partial charge on any atom is -0.475 e. The molecule has 0 spiro atoms. The fourth-order valence-corrected chi connectivity index (χ4v) is 3.50. The third-order valence-electron chi connectivity index (χ3n) is 5.02. The molecule has 1 saturated heterocycles. The van der Waals surface area contributed by atoms with Crippen LogP contribution in [0.5, 0.6) is 5.88 Å². The lowest BCUT2D eigenvalue weighted by molar-refractivity contribution is 0.0240. The smallest absolute Gasteiger partial charge is 0.410 e. The van der Waals surface area contributed by atoms with E-state index in [4.69, 9.17) is 18.9 Å². The SMILES string of the molecule is COCCOc1ccc2c(N3CCN(C(=O)OC(C)(C)C)CC3)ccc(C(=O)OC)c2n1. The molecule has 0 bridgehead atoms. The number of benzene rings is 1. The molecule has 0 N–H and O–H groups in total. The highest BCUT2D eigenvalue weighted by Crippen LogP contribution is 2.31. The van der Waals surface area contributed by atoms with E-state index >= 15 is 0 Å². The Labute approximate surface area is 188 Å². The summed E-state index contributed by atoms with van der Waals surface area (Å²) in [6.45, 7) is 8.72. The van der Waals surface area contributed by atoms with E-state index in [1.807, 2.05) is 32.9 Å². The van der Waals surface area contributed by atoms with Crippen molar-refractivity contribution in [1.82, 2.24) is 9.88 Å². The van der Waals surface area contributed by atoms with Crippen molar-refractivity contribution >= 4 is 28.7 Å². The molecule has 1 aliphatic heterocycles. The van der Waals surface area contributed by atoms with Gasteiger partial charge >= 0.3 is 12.1 Å². The van der Waals surface area contributed by atoms with Crippen LogP contribution in [0.2, 0.25) is 0 Å². The van der Waals surface area contributed by atoms with Crippen LogP contribution in [-0.4, -0.2) is 81.2 Å². The number of hydrogen-bond donors (Lipinski definition) is 0. The highest BCUT2D eigenvalue weighted by atomic mass is 16.6. The summed E-state index contributed by atoms with van der Waals surface area (Å²) in [6.07, 6.45) is -0.303. The number of aromatic nitrogens is 1. The average Bonchev–Trinajstić information content (AvgIpc) is 2.77. The van der Waals surface area contributed by atoms with Gasteiger partial charge in [0.1, 0.15) is 12.2 Å². The molecule has 1 aromatic carbocycles. The minimum atomic E-state index is -0.525. The highest BCUT2D eigenvalue weighted by molar-refractivity contribution is 6.07. The molecule has 0 radical (unpaired) electrons. The molecule has 174 valence electrons. The molecule has 1 aromatic heterocycles. The number of ether oxygens (including phenoxy) is 4. The number of nitrogens with zero attached hydrogens (tertiary/aromatic N) is 3. The van der Waals surface area contributed by atoms with Crippen LogP contribution in [-0.2, 0) is 14.2 Å². The van der Waals surface area contributed by atoms with Gasteiger partial charge in [0.2, 0.25) is 5.88 Å². The molecule has 2 heterocycles. The highest BCUT2D eigenvalue weighted by Gasteiger charge is 2.27. The second-order valence-electron chi connectivity index (χ2n) is 8.47. The van der Waals surface area contributed by atoms with Gasteiger partial charge in [-0.3, -0.25) is 0 Å². The number of carbonyl (C=O) groups is 2. The molecule has 1 aliphatic rings. The van der Waals surface area contributed by atoms with Crippen LogP contribution >= 0.6 is 0 Å². The minimum absolute atomic E-state index is 0.303. The fourth-order valence-electron chi connectivity index (χ4n) is 3.50. The lowest BCUT2D eigenvalue weighted by Gasteiger charge is -2.37. The molecule has 3 rings (SSSR count). The summed E-state index contributed by atoms with van der Waals surface area (Å²) >= 11 is 0. The summed E-state index contributed by atoms with van der Waals surface area (Å²) in [5.41, 5.74) is 1.30. The summed E-state index contributed by atoms with van der Waals surface area (Å²) in [7, 11) is 2.94. The second-order valence-corrected chi connectivity index (χ2v) is 8.47. The number of methoxy groups -OCH3 is 2. The van der Waals surface area contributed by atoms with Crippen LogP contribution in [0.15, 0.2) is 24.3 Å². The normalized spacial score (nSPS) is 14.4. The van der Waals surface area contributed by atoms with Crippen molar-refractivity contribution < 1.29 is 28.5 Å². The summed E-state index contributed by atoms with van der Waals surface area (Å²) in [4.78, 5) is 33.2. The molecule has 32 heavy (non-hydrogen) atoms. The predicted molar refractivity (Wildman–Crippen MR) is 120 cm³/mol. The number of anilines is 1. The topological polar surface area (TPSA) is 90.4 Å². The number of fused-ring (bicyclic) bond motifs is 1. The lowest BCUT2D eigenvalue weighted by atomic mass is 10.1. The summed E-state index contributed by atoms with van der Waals surface area (Å²) in [6, 6.07) is 7.28. The van der Waals surface area contributed by atoms with Crippen molar-refractivity contribution in [2.75, 3.05) is 58.5 Å². The molecule has 2 aromatic rings. The van der Waals surface area contributed by atoms with Gasteiger partial charge in [0, 0.05) is 50.4 Å². The second kappa shape index (κ2) is 10.0. The van der Waals surface area contributed by atoms with Crippen LogP contribution in [0.1, 0.15) is 31.1 Å². The predicted octanol–water partition coefficient (Wildman–Crippen LogP) is 3.10. The first-order valence-corrected chi connectivity index (χ1v) is 10.6. The van der Waals surface area contributed by atoms with Gasteiger partial charge in [-0.15, -0.1) is 0 Å². The molecular weight excluding hydrogens is 414 g/mol. The van der Waals surface area contributed by atoms with Crippen LogP contribution in [0.3, 0.4) is 0 Å². The van der Waals surface area contributed by atoms with Gasteiger partial charge in [-0.1, -0.05) is 0 Å². The Bertz CT molecular complexity index is 964. The average molecular weight is 446 g/mol. The van der Waals surface area contributed by atoms with Gasteiger partial charge in [0.15, 0.2) is 0 Å². The van der Waals surface area contributed by atoms with Gasteiger partial charge in [0.05, 0.1) is 24.8 Å². The fraction of sp³-hybridized carbons (Fsp3) is 0.522. The molecule has 9 nitrogen and oxygen atoms in total. The molecule has 0 saturated carbocycles. The maximum absolute atomic E-state index is 12.4. The Morgan fingerprint density at radius 2 is 1.72 bits per heavy atom. The number of hydrogen-bond acceptors (Lipinski definition) is 8. The summed E-state index contributed by atoms with van der Waals surface area (Å²) in [5, 5.41) is 0.817. The monoisotopic (exact) mass is 445 g/mol. The number of esters is 1. The maximum atomic E-state index is 12.4. The zero-order chi connectivity index (χ0) is 23.3. The Hall–Kier alpha value is -3.07. The first kappa shape index (κ1) is 23.6. The molecule has 0 aliphatic carbocycles. The third-order valence-corrected chi connectivity index (χ3v) is 5.02. The van der Waals surface area contributed by atoms with Gasteiger partial charge in [0.25, 0.3) is 0 Å². The zero-order valence-electron chi connectivity index (χ0n) is 19.3. The number of rotatable bonds is 6. The molecular formula is C23H31N3O6. The van der Waals surface area contributed by atoms with Crippen molar-refractivity contribution in [2.45, 2.75) is 26.4 Å². The van der Waals surface area contributed by atoms with E-state index in [0.717, 1.165) is 11.1 Å². The van der Waals surface area contributed by atoms with E-state index in [1.54, 1.807) is 24.1 Å². The van der Waals surface area contributed by atoms with Gasteiger partial charge in [-0.2, -0.15) is 0 Å². The molecule has 0 atom stereocenters. The van der Waals surface area contributed by atoms with E-state index in [9.17, 15) is 9.59 Å². The molecule has 1 fully saturated rings. The van der Waals surface area contributed by atoms with E-state index in [2.05, 4.69) is 9.88 Å². The van der Waals surface area contributed by atoms with Crippen molar-refractivity contribution in [3.63, 3.8) is 0 Å². The van der Waals surface area contributed by atoms with Gasteiger partial charge in [-0.25, -0.2) is 14.6 Å². The van der Waals surface area contributed by atoms with Gasteiger partial charge < -0.3 is 28.7 Å². The quantitative estimate of drug-likeness (QED) is 0.495. The van der Waals surface area contributed by atoms with Crippen molar-refractivity contribution in [2.24, 2.45) is 0 Å². The number of pyridine rings is 1. The van der Waals surface area contributed by atoms with E-state index in [1.165, 1.54) is 7.11 Å². The molecule has 1 amide bonds. The standard InChI is InChI=1S/C23H31N3O6/c1-23(2,3)32-22(28)26-12-10-25(11-13-26)18-8-6-17(21(27)30-5)20-16(18)7-9-19(24-20)31-15-14-29-4/h6-9H,10-15H2,1-5H3. The Morgan fingerprint density at radius 3 is 2.34 bits per heavy atom. The maximum Gasteiger partial charge on any atom is 0.410 e. The third kappa shape index (κ3) is 5.59. The van der Waals surface area contributed by atoms with Gasteiger partial charge in [-0.05, 0) is 39.0 Å². The number of amides is 1. The Morgan fingerprint density at radius 1 is 1.00 bits per heavy atom. The summed E-state index contributed by atoms with van der Waals surface area (Å²) < 4.78 is 21.1. The first-order valence-electron chi connectivity index (χ1n) is 10.6. The number of carbonyl (C=O) groups excluding carboxylic acids is 2. The van der Waals surface area contributed by atoms with Crippen LogP contribution in [0.4, 0.5) is 10.5 Å². The van der Waals surface area contributed by atoms with Crippen molar-refractivity contribution in [3.8, 4) is 5.88 Å². The largest absolute Gasteiger partial charge is 0.475 e. The van der Waals surface area contributed by atoms with Crippen LogP contribution in [0.25, 0.3) is 10.9 Å². The Balaban J connectivity index is 1.84. The molecule has 9 heteroatoms. The lowest BCUT2D eigenvalue weighted by Crippen LogP contribution is -2.50. The van der Waals surface area contributed by atoms with Crippen LogP contribution in [0, 0.1) is 0 Å². The number of piperazine rings is 1. The first-order chi connectivity index (χ1) is 15.2. The van der Waals surface area contributed by atoms with Crippen molar-refractivity contribution in [1.29, 1.82) is 0 Å². The Kier molecular flexibility index (Phi) is 7.40. The van der Waals surface area contributed by atoms with E-state index in [-0.39, 0.29) is 6.09 Å². The molecule has 0 unspecified atom stereocenters.